The van der Waals surface area contributed by atoms with Crippen molar-refractivity contribution in [1.29, 1.82) is 0 Å². The molecule has 326 valence electrons. The first-order valence-corrected chi connectivity index (χ1v) is 20.8. The van der Waals surface area contributed by atoms with E-state index in [0.717, 1.165) is 12.8 Å². The van der Waals surface area contributed by atoms with Crippen LogP contribution in [0.15, 0.2) is 46.1 Å². The van der Waals surface area contributed by atoms with Crippen LogP contribution in [0.25, 0.3) is 10.8 Å². The van der Waals surface area contributed by atoms with Gasteiger partial charge in [-0.1, -0.05) is 59.8 Å². The lowest BCUT2D eigenvalue weighted by molar-refractivity contribution is -0.159. The lowest BCUT2D eigenvalue weighted by atomic mass is 9.78. The molecule has 5 aliphatic rings. The number of piperidine rings is 1. The van der Waals surface area contributed by atoms with Crippen molar-refractivity contribution in [2.24, 2.45) is 39.6 Å². The summed E-state index contributed by atoms with van der Waals surface area (Å²) < 4.78 is 17.8. The van der Waals surface area contributed by atoms with E-state index in [1.807, 2.05) is 0 Å². The summed E-state index contributed by atoms with van der Waals surface area (Å²) >= 11 is 0. The Kier molecular flexibility index (Phi) is 12.6. The molecule has 7 rings (SSSR count). The molecule has 6 N–H and O–H groups in total. The number of anilines is 1. The fourth-order valence-corrected chi connectivity index (χ4v) is 8.92. The van der Waals surface area contributed by atoms with Crippen LogP contribution in [0.4, 0.5) is 5.69 Å². The maximum atomic E-state index is 14.6. The monoisotopic (exact) mass is 832 g/mol. The maximum Gasteiger partial charge on any atom is 0.312 e. The van der Waals surface area contributed by atoms with Crippen molar-refractivity contribution < 1.29 is 54.1 Å². The lowest BCUT2D eigenvalue weighted by Gasteiger charge is -2.37. The number of rotatable bonds is 3. The molecular formula is C45H60N4O11. The van der Waals surface area contributed by atoms with E-state index < -0.39 is 88.7 Å². The van der Waals surface area contributed by atoms with Crippen molar-refractivity contribution in [3.8, 4) is 17.2 Å². The zero-order valence-electron chi connectivity index (χ0n) is 36.1. The molecule has 5 aliphatic heterocycles. The fraction of sp³-hybridized carbons (Fsp3) is 0.578. The van der Waals surface area contributed by atoms with Crippen LogP contribution in [0.5, 0.6) is 17.2 Å². The van der Waals surface area contributed by atoms with Gasteiger partial charge in [0.25, 0.3) is 11.7 Å². The minimum absolute atomic E-state index is 0.00150. The highest BCUT2D eigenvalue weighted by molar-refractivity contribution is 6.19. The zero-order chi connectivity index (χ0) is 44.2. The number of benzene rings is 2. The van der Waals surface area contributed by atoms with Gasteiger partial charge in [0.05, 0.1) is 40.9 Å². The molecule has 60 heavy (non-hydrogen) atoms. The molecule has 0 radical (unpaired) electrons. The Morgan fingerprint density at radius 3 is 2.23 bits per heavy atom. The minimum atomic E-state index is -2.01. The number of hydrogen-bond acceptors (Lipinski definition) is 14. The van der Waals surface area contributed by atoms with Gasteiger partial charge in [-0.3, -0.25) is 24.4 Å². The summed E-state index contributed by atoms with van der Waals surface area (Å²) in [5.41, 5.74) is -0.676. The van der Waals surface area contributed by atoms with E-state index in [1.165, 1.54) is 26.8 Å². The Morgan fingerprint density at radius 2 is 1.60 bits per heavy atom. The number of aromatic hydroxyl groups is 2. The topological polar surface area (TPSA) is 220 Å². The molecule has 15 heteroatoms. The largest absolute Gasteiger partial charge is 0.507 e. The van der Waals surface area contributed by atoms with E-state index in [1.54, 1.807) is 52.8 Å². The Bertz CT molecular complexity index is 2280. The second-order valence-electron chi connectivity index (χ2n) is 17.7. The van der Waals surface area contributed by atoms with Crippen molar-refractivity contribution in [3.63, 3.8) is 0 Å². The standard InChI is InChI=1S/C45H60N4O11/c1-21(2)20-49-17-15-45(16-18-49)47-33-30-31-38(54)27(8)41-32(30)42(56)44(10,60-41)58-19-14-29(51)24(5)40(59-28(9)50)26(7)37(53)25(6)36(52)22(3)12-11-13-23(4)43(57)46-35(39(31)55)34(33)48-45/h11-14,19,21-22,24-26,29,36-37,40,51-55H,15-18,20H2,1-10H3,(H,46,57)/b12-11+,19-14+,23-13-/t22-,24+,25+,26+,29?,36-,37+,40+,44-/m0/s1. The Hall–Kier alpha value is -4.83. The van der Waals surface area contributed by atoms with E-state index in [4.69, 9.17) is 24.2 Å². The van der Waals surface area contributed by atoms with Crippen LogP contribution in [-0.4, -0.2) is 104 Å². The number of phenolic OH excluding ortho intramolecular Hbond substituents is 2. The van der Waals surface area contributed by atoms with Gasteiger partial charge < -0.3 is 50.0 Å². The smallest absolute Gasteiger partial charge is 0.312 e. The third-order valence-electron chi connectivity index (χ3n) is 12.6. The van der Waals surface area contributed by atoms with Crippen LogP contribution < -0.4 is 20.8 Å². The molecule has 15 nitrogen and oxygen atoms in total. The van der Waals surface area contributed by atoms with Gasteiger partial charge in [-0.2, -0.15) is 0 Å². The first-order chi connectivity index (χ1) is 28.1. The van der Waals surface area contributed by atoms with E-state index in [-0.39, 0.29) is 49.6 Å². The van der Waals surface area contributed by atoms with Gasteiger partial charge in [0, 0.05) is 86.5 Å². The molecule has 0 aliphatic carbocycles. The van der Waals surface area contributed by atoms with Crippen LogP contribution in [0, 0.1) is 36.5 Å². The predicted octanol–water partition coefficient (Wildman–Crippen LogP) is 4.10. The summed E-state index contributed by atoms with van der Waals surface area (Å²) in [5, 5.41) is 61.1. The van der Waals surface area contributed by atoms with Crippen molar-refractivity contribution in [2.75, 3.05) is 25.0 Å². The maximum absolute atomic E-state index is 14.6. The summed E-state index contributed by atoms with van der Waals surface area (Å²) in [6.07, 6.45) is 3.75. The van der Waals surface area contributed by atoms with Crippen LogP contribution in [0.3, 0.4) is 0 Å². The molecule has 5 bridgehead atoms. The third kappa shape index (κ3) is 8.16. The van der Waals surface area contributed by atoms with E-state index in [9.17, 15) is 39.9 Å². The average Bonchev–Trinajstić information content (AvgIpc) is 3.69. The summed E-state index contributed by atoms with van der Waals surface area (Å²) in [6.45, 7) is 19.0. The number of ketones is 1. The molecule has 1 spiro atoms. The number of phenols is 2. The number of fused-ring (bicyclic) bond motifs is 13. The molecule has 0 saturated carbocycles. The summed E-state index contributed by atoms with van der Waals surface area (Å²) in [4.78, 5) is 53.3. The van der Waals surface area contributed by atoms with Crippen LogP contribution in [0.1, 0.15) is 91.1 Å². The van der Waals surface area contributed by atoms with Crippen molar-refractivity contribution >= 4 is 34.1 Å². The number of carbonyl (C=O) groups is 3. The highest BCUT2D eigenvalue weighted by atomic mass is 16.7. The number of allylic oxidation sites excluding steroid dienone is 2. The van der Waals surface area contributed by atoms with E-state index in [0.29, 0.717) is 31.8 Å². The summed E-state index contributed by atoms with van der Waals surface area (Å²) in [5.74, 6) is -7.08. The molecule has 9 atom stereocenters. The predicted molar refractivity (Wildman–Crippen MR) is 223 cm³/mol. The van der Waals surface area contributed by atoms with Gasteiger partial charge in [0.1, 0.15) is 28.6 Å². The zero-order valence-corrected chi connectivity index (χ0v) is 36.1. The van der Waals surface area contributed by atoms with Crippen LogP contribution in [0.2, 0.25) is 0 Å². The molecule has 1 unspecified atom stereocenters. The highest BCUT2D eigenvalue weighted by Crippen LogP contribution is 2.50. The Labute approximate surface area is 350 Å². The molecule has 2 aromatic carbocycles. The van der Waals surface area contributed by atoms with Crippen molar-refractivity contribution in [2.45, 2.75) is 118 Å². The van der Waals surface area contributed by atoms with Crippen LogP contribution in [-0.2, 0) is 19.1 Å². The number of nitrogens with one attached hydrogen (secondary N) is 1. The van der Waals surface area contributed by atoms with Gasteiger partial charge in [-0.25, -0.2) is 0 Å². The number of esters is 1. The van der Waals surface area contributed by atoms with Crippen LogP contribution >= 0.6 is 0 Å². The Morgan fingerprint density at radius 1 is 0.950 bits per heavy atom. The molecule has 5 heterocycles. The van der Waals surface area contributed by atoms with Gasteiger partial charge in [0.15, 0.2) is 11.4 Å². The van der Waals surface area contributed by atoms with Gasteiger partial charge in [0.2, 0.25) is 0 Å². The second kappa shape index (κ2) is 16.9. The van der Waals surface area contributed by atoms with Crippen molar-refractivity contribution in [3.05, 3.63) is 58.0 Å². The summed E-state index contributed by atoms with van der Waals surface area (Å²) in [6, 6.07) is 0. The number of nitrogens with zero attached hydrogens (tertiary/aromatic N) is 3. The number of likely N-dealkylation sites (tertiary alicyclic amines) is 1. The van der Waals surface area contributed by atoms with E-state index in [2.05, 4.69) is 24.1 Å². The van der Waals surface area contributed by atoms with Gasteiger partial charge in [-0.05, 0) is 25.8 Å². The molecule has 1 amide bonds. The fourth-order valence-electron chi connectivity index (χ4n) is 8.92. The second-order valence-corrected chi connectivity index (χ2v) is 17.7. The molecular weight excluding hydrogens is 773 g/mol. The Balaban J connectivity index is 1.53. The number of Topliss-reactive ketones (excluding diaryl/α,β-unsaturated/α-hetero) is 1. The van der Waals surface area contributed by atoms with Gasteiger partial charge in [-0.15, -0.1) is 0 Å². The molecule has 2 aromatic rings. The number of carbonyl (C=O) groups excluding carboxylic acids is 3. The molecule has 1 saturated heterocycles. The quantitative estimate of drug-likeness (QED) is 0.190. The molecule has 1 fully saturated rings. The average molecular weight is 833 g/mol. The third-order valence-corrected chi connectivity index (χ3v) is 12.6. The van der Waals surface area contributed by atoms with Crippen molar-refractivity contribution in [1.82, 2.24) is 4.90 Å². The number of aliphatic hydroxyl groups excluding tert-OH is 3. The van der Waals surface area contributed by atoms with Gasteiger partial charge >= 0.3 is 11.8 Å². The highest BCUT2D eigenvalue weighted by Gasteiger charge is 2.50. The number of ether oxygens (including phenoxy) is 3. The SMILES string of the molecule is CC(=O)O[C@H]1[C@H](C)[C@H](O)[C@H](C)[C@@H](O)[C@@H](C)/C=C/C=C(/C)C(=O)Nc2c(O)c3c(O)c(C)c4c(c3c3c2=NC2(CCN(CC(C)C)CC2)N=3)C(=O)[C@@](C)(O/C=C/C(O)[C@H]1C)O4. The van der Waals surface area contributed by atoms with E-state index >= 15 is 0 Å². The number of aliphatic hydroxyl groups is 3. The first-order valence-electron chi connectivity index (χ1n) is 20.8. The molecule has 0 aromatic heterocycles. The normalized spacial score (nSPS) is 33.0. The first kappa shape index (κ1) is 44.7. The summed E-state index contributed by atoms with van der Waals surface area (Å²) in [7, 11) is 0. The number of amides is 1. The lowest BCUT2D eigenvalue weighted by Crippen LogP contribution is -2.46. The minimum Gasteiger partial charge on any atom is -0.507 e. The number of hydrogen-bond donors (Lipinski definition) is 6.